The predicted molar refractivity (Wildman–Crippen MR) is 84.7 cm³/mol. The van der Waals surface area contributed by atoms with E-state index in [1.165, 1.54) is 12.8 Å². The van der Waals surface area contributed by atoms with E-state index in [0.717, 1.165) is 11.4 Å². The molecule has 0 atom stereocenters. The van der Waals surface area contributed by atoms with Gasteiger partial charge in [0.05, 0.1) is 0 Å². The number of anilines is 2. The van der Waals surface area contributed by atoms with Gasteiger partial charge in [0, 0.05) is 30.2 Å². The summed E-state index contributed by atoms with van der Waals surface area (Å²) in [6, 6.07) is 14.0. The Balaban J connectivity index is 1.82. The molecule has 0 radical (unpaired) electrons. The summed E-state index contributed by atoms with van der Waals surface area (Å²) in [6.45, 7) is 2.59. The summed E-state index contributed by atoms with van der Waals surface area (Å²) in [5, 5.41) is 3.40. The lowest BCUT2D eigenvalue weighted by atomic mass is 10.2. The molecule has 4 heteroatoms. The first-order valence-electron chi connectivity index (χ1n) is 7.37. The topological polar surface area (TPSA) is 45.2 Å². The van der Waals surface area contributed by atoms with Gasteiger partial charge in [-0.25, -0.2) is 0 Å². The van der Waals surface area contributed by atoms with Crippen molar-refractivity contribution in [3.63, 3.8) is 0 Å². The molecular formula is C17H19N3O. The maximum absolute atomic E-state index is 12.7. The molecule has 108 valence electrons. The molecule has 0 bridgehead atoms. The van der Waals surface area contributed by atoms with E-state index in [1.807, 2.05) is 49.4 Å². The minimum Gasteiger partial charge on any atom is -0.382 e. The van der Waals surface area contributed by atoms with Crippen LogP contribution in [0.3, 0.4) is 0 Å². The van der Waals surface area contributed by atoms with Crippen molar-refractivity contribution in [1.82, 2.24) is 4.98 Å². The highest BCUT2D eigenvalue weighted by molar-refractivity contribution is 6.05. The number of pyridine rings is 1. The molecule has 0 aliphatic heterocycles. The first-order chi connectivity index (χ1) is 10.3. The van der Waals surface area contributed by atoms with Crippen LogP contribution in [0.1, 0.15) is 30.3 Å². The molecule has 1 aliphatic carbocycles. The van der Waals surface area contributed by atoms with Crippen LogP contribution in [0.4, 0.5) is 11.4 Å². The highest BCUT2D eigenvalue weighted by Gasteiger charge is 2.22. The summed E-state index contributed by atoms with van der Waals surface area (Å²) in [6.07, 6.45) is 4.10. The van der Waals surface area contributed by atoms with E-state index >= 15 is 0 Å². The van der Waals surface area contributed by atoms with Gasteiger partial charge < -0.3 is 10.2 Å². The number of nitrogens with one attached hydrogen (secondary N) is 1. The van der Waals surface area contributed by atoms with Crippen LogP contribution in [-0.4, -0.2) is 23.5 Å². The third-order valence-corrected chi connectivity index (χ3v) is 3.56. The fourth-order valence-corrected chi connectivity index (χ4v) is 2.29. The molecule has 2 aromatic rings. The van der Waals surface area contributed by atoms with Crippen LogP contribution < -0.4 is 10.2 Å². The van der Waals surface area contributed by atoms with E-state index in [1.54, 1.807) is 11.1 Å². The summed E-state index contributed by atoms with van der Waals surface area (Å²) in [4.78, 5) is 18.6. The molecule has 3 rings (SSSR count). The van der Waals surface area contributed by atoms with Crippen LogP contribution in [0.25, 0.3) is 0 Å². The van der Waals surface area contributed by atoms with Crippen LogP contribution in [0.5, 0.6) is 0 Å². The van der Waals surface area contributed by atoms with Crippen molar-refractivity contribution in [2.75, 3.05) is 16.8 Å². The molecule has 1 aliphatic rings. The van der Waals surface area contributed by atoms with Gasteiger partial charge in [0.25, 0.3) is 5.91 Å². The zero-order valence-corrected chi connectivity index (χ0v) is 12.1. The minimum absolute atomic E-state index is 0.0665. The van der Waals surface area contributed by atoms with Gasteiger partial charge in [0.1, 0.15) is 5.69 Å². The van der Waals surface area contributed by atoms with Gasteiger partial charge in [-0.2, -0.15) is 0 Å². The van der Waals surface area contributed by atoms with E-state index < -0.39 is 0 Å². The molecule has 1 amide bonds. The van der Waals surface area contributed by atoms with E-state index in [0.29, 0.717) is 18.3 Å². The van der Waals surface area contributed by atoms with Crippen molar-refractivity contribution in [1.29, 1.82) is 0 Å². The smallest absolute Gasteiger partial charge is 0.276 e. The standard InChI is InChI=1S/C17H19N3O/c1-2-20(15-6-4-3-5-7-15)17(21)16-12-14(10-11-18-16)19-13-8-9-13/h3-7,10-13H,2,8-9H2,1H3,(H,18,19). The number of benzene rings is 1. The Morgan fingerprint density at radius 1 is 1.29 bits per heavy atom. The summed E-state index contributed by atoms with van der Waals surface area (Å²) < 4.78 is 0. The molecule has 1 aromatic heterocycles. The molecule has 0 unspecified atom stereocenters. The molecule has 1 aromatic carbocycles. The number of hydrogen-bond acceptors (Lipinski definition) is 3. The maximum Gasteiger partial charge on any atom is 0.276 e. The van der Waals surface area contributed by atoms with Gasteiger partial charge in [-0.05, 0) is 44.0 Å². The molecule has 4 nitrogen and oxygen atoms in total. The first kappa shape index (κ1) is 13.6. The van der Waals surface area contributed by atoms with Crippen LogP contribution >= 0.6 is 0 Å². The number of para-hydroxylation sites is 1. The zero-order valence-electron chi connectivity index (χ0n) is 12.1. The van der Waals surface area contributed by atoms with Gasteiger partial charge >= 0.3 is 0 Å². The number of amides is 1. The van der Waals surface area contributed by atoms with Gasteiger partial charge in [-0.3, -0.25) is 9.78 Å². The van der Waals surface area contributed by atoms with E-state index in [9.17, 15) is 4.79 Å². The third-order valence-electron chi connectivity index (χ3n) is 3.56. The Labute approximate surface area is 124 Å². The second kappa shape index (κ2) is 5.95. The number of carbonyl (C=O) groups excluding carboxylic acids is 1. The molecule has 21 heavy (non-hydrogen) atoms. The van der Waals surface area contributed by atoms with E-state index in [2.05, 4.69) is 10.3 Å². The lowest BCUT2D eigenvalue weighted by Crippen LogP contribution is -2.31. The lowest BCUT2D eigenvalue weighted by molar-refractivity contribution is 0.0983. The summed E-state index contributed by atoms with van der Waals surface area (Å²) in [5.74, 6) is -0.0665. The van der Waals surface area contributed by atoms with Crippen molar-refractivity contribution >= 4 is 17.3 Å². The molecule has 1 heterocycles. The monoisotopic (exact) mass is 281 g/mol. The van der Waals surface area contributed by atoms with Gasteiger partial charge in [-0.1, -0.05) is 18.2 Å². The molecule has 1 N–H and O–H groups in total. The van der Waals surface area contributed by atoms with Crippen LogP contribution in [0.2, 0.25) is 0 Å². The highest BCUT2D eigenvalue weighted by atomic mass is 16.2. The number of carbonyl (C=O) groups is 1. The van der Waals surface area contributed by atoms with Gasteiger partial charge in [0.2, 0.25) is 0 Å². The number of hydrogen-bond donors (Lipinski definition) is 1. The Bertz CT molecular complexity index is 623. The molecular weight excluding hydrogens is 262 g/mol. The predicted octanol–water partition coefficient (Wildman–Crippen LogP) is 3.32. The summed E-state index contributed by atoms with van der Waals surface area (Å²) in [7, 11) is 0. The van der Waals surface area contributed by atoms with Gasteiger partial charge in [0.15, 0.2) is 0 Å². The van der Waals surface area contributed by atoms with Crippen LogP contribution in [0, 0.1) is 0 Å². The Hall–Kier alpha value is -2.36. The van der Waals surface area contributed by atoms with E-state index in [-0.39, 0.29) is 5.91 Å². The number of nitrogens with zero attached hydrogens (tertiary/aromatic N) is 2. The normalized spacial score (nSPS) is 13.8. The van der Waals surface area contributed by atoms with Crippen LogP contribution in [0.15, 0.2) is 48.7 Å². The summed E-state index contributed by atoms with van der Waals surface area (Å²) >= 11 is 0. The fourth-order valence-electron chi connectivity index (χ4n) is 2.29. The third kappa shape index (κ3) is 3.21. The average molecular weight is 281 g/mol. The van der Waals surface area contributed by atoms with Crippen molar-refractivity contribution in [2.45, 2.75) is 25.8 Å². The number of aromatic nitrogens is 1. The van der Waals surface area contributed by atoms with Crippen molar-refractivity contribution < 1.29 is 4.79 Å². The molecule has 0 saturated heterocycles. The SMILES string of the molecule is CCN(C(=O)c1cc(NC2CC2)ccn1)c1ccccc1. The van der Waals surface area contributed by atoms with Crippen molar-refractivity contribution in [2.24, 2.45) is 0 Å². The second-order valence-electron chi connectivity index (χ2n) is 5.23. The average Bonchev–Trinajstić information content (AvgIpc) is 3.33. The second-order valence-corrected chi connectivity index (χ2v) is 5.23. The van der Waals surface area contributed by atoms with E-state index in [4.69, 9.17) is 0 Å². The van der Waals surface area contributed by atoms with Crippen LogP contribution in [-0.2, 0) is 0 Å². The quantitative estimate of drug-likeness (QED) is 0.914. The first-order valence-corrected chi connectivity index (χ1v) is 7.37. The van der Waals surface area contributed by atoms with Crippen molar-refractivity contribution in [3.8, 4) is 0 Å². The molecule has 1 fully saturated rings. The molecule has 1 saturated carbocycles. The van der Waals surface area contributed by atoms with Gasteiger partial charge in [-0.15, -0.1) is 0 Å². The molecule has 0 spiro atoms. The Morgan fingerprint density at radius 3 is 2.71 bits per heavy atom. The Kier molecular flexibility index (Phi) is 3.86. The highest BCUT2D eigenvalue weighted by Crippen LogP contribution is 2.25. The summed E-state index contributed by atoms with van der Waals surface area (Å²) in [5.41, 5.74) is 2.35. The zero-order chi connectivity index (χ0) is 14.7. The Morgan fingerprint density at radius 2 is 2.05 bits per heavy atom. The number of rotatable bonds is 5. The van der Waals surface area contributed by atoms with Crippen molar-refractivity contribution in [3.05, 3.63) is 54.4 Å². The minimum atomic E-state index is -0.0665. The fraction of sp³-hybridized carbons (Fsp3) is 0.294. The lowest BCUT2D eigenvalue weighted by Gasteiger charge is -2.20. The largest absolute Gasteiger partial charge is 0.382 e. The maximum atomic E-state index is 12.7.